The monoisotopic (exact) mass is 331 g/mol. The number of H-pyrrole nitrogens is 1. The van der Waals surface area contributed by atoms with Crippen molar-refractivity contribution in [2.45, 2.75) is 51.0 Å². The molecule has 1 aromatic rings. The number of fused-ring (bicyclic) bond motifs is 1. The minimum Gasteiger partial charge on any atom is -0.383 e. The molecule has 132 valence electrons. The molecule has 6 heteroatoms. The Labute approximate surface area is 143 Å². The molecule has 2 N–H and O–H groups in total. The van der Waals surface area contributed by atoms with E-state index in [1.807, 2.05) is 0 Å². The van der Waals surface area contributed by atoms with E-state index in [2.05, 4.69) is 25.3 Å². The van der Waals surface area contributed by atoms with Gasteiger partial charge in [-0.3, -0.25) is 9.69 Å². The number of aromatic nitrogens is 2. The number of hydrogen-bond acceptors (Lipinski definition) is 5. The van der Waals surface area contributed by atoms with Crippen molar-refractivity contribution in [3.8, 4) is 0 Å². The van der Waals surface area contributed by atoms with E-state index in [9.17, 15) is 4.79 Å². The van der Waals surface area contributed by atoms with Crippen molar-refractivity contribution in [3.63, 3.8) is 0 Å². The number of rotatable bonds is 4. The SMILES string of the molecule is O=c1[nH]nc(CCN2CCN(C3CCCC3)CC2)c2c1CCCN2. The third-order valence-corrected chi connectivity index (χ3v) is 5.97. The Hall–Kier alpha value is -1.40. The quantitative estimate of drug-likeness (QED) is 0.869. The van der Waals surface area contributed by atoms with Crippen molar-refractivity contribution in [1.82, 2.24) is 20.0 Å². The van der Waals surface area contributed by atoms with Crippen LogP contribution in [0.5, 0.6) is 0 Å². The average molecular weight is 331 g/mol. The molecule has 0 unspecified atom stereocenters. The molecule has 3 aliphatic rings. The summed E-state index contributed by atoms with van der Waals surface area (Å²) in [6.45, 7) is 6.72. The highest BCUT2D eigenvalue weighted by Crippen LogP contribution is 2.25. The second kappa shape index (κ2) is 7.23. The largest absolute Gasteiger partial charge is 0.383 e. The summed E-state index contributed by atoms with van der Waals surface area (Å²) in [5, 5.41) is 10.4. The van der Waals surface area contributed by atoms with Crippen LogP contribution >= 0.6 is 0 Å². The van der Waals surface area contributed by atoms with E-state index in [1.165, 1.54) is 38.8 Å². The van der Waals surface area contributed by atoms with Gasteiger partial charge in [-0.15, -0.1) is 0 Å². The number of aromatic amines is 1. The Morgan fingerprint density at radius 3 is 2.67 bits per heavy atom. The maximum atomic E-state index is 11.9. The summed E-state index contributed by atoms with van der Waals surface area (Å²) in [5.41, 5.74) is 2.92. The van der Waals surface area contributed by atoms with Crippen molar-refractivity contribution >= 4 is 5.69 Å². The average Bonchev–Trinajstić information content (AvgIpc) is 3.17. The first-order valence-corrected chi connectivity index (χ1v) is 9.62. The molecule has 24 heavy (non-hydrogen) atoms. The molecule has 0 radical (unpaired) electrons. The molecule has 0 amide bonds. The zero-order valence-corrected chi connectivity index (χ0v) is 14.5. The number of nitrogens with one attached hydrogen (secondary N) is 2. The van der Waals surface area contributed by atoms with Crippen molar-refractivity contribution < 1.29 is 0 Å². The van der Waals surface area contributed by atoms with Gasteiger partial charge in [-0.25, -0.2) is 5.10 Å². The molecule has 1 saturated carbocycles. The summed E-state index contributed by atoms with van der Waals surface area (Å²) >= 11 is 0. The molecular formula is C18H29N5O. The maximum Gasteiger partial charge on any atom is 0.269 e. The Kier molecular flexibility index (Phi) is 4.85. The Morgan fingerprint density at radius 2 is 1.88 bits per heavy atom. The molecule has 1 saturated heterocycles. The van der Waals surface area contributed by atoms with Crippen LogP contribution in [-0.4, -0.2) is 65.3 Å². The highest BCUT2D eigenvalue weighted by molar-refractivity contribution is 5.55. The number of piperazine rings is 1. The number of anilines is 1. The second-order valence-electron chi connectivity index (χ2n) is 7.45. The van der Waals surface area contributed by atoms with Gasteiger partial charge in [0, 0.05) is 57.3 Å². The van der Waals surface area contributed by atoms with Crippen molar-refractivity contribution in [3.05, 3.63) is 21.6 Å². The van der Waals surface area contributed by atoms with Crippen LogP contribution in [0.4, 0.5) is 5.69 Å². The molecule has 1 aromatic heterocycles. The van der Waals surface area contributed by atoms with Crippen molar-refractivity contribution in [1.29, 1.82) is 0 Å². The van der Waals surface area contributed by atoms with Gasteiger partial charge in [-0.05, 0) is 25.7 Å². The number of nitrogens with zero attached hydrogens (tertiary/aromatic N) is 3. The van der Waals surface area contributed by atoms with Crippen LogP contribution in [0, 0.1) is 0 Å². The van der Waals surface area contributed by atoms with Crippen LogP contribution < -0.4 is 10.9 Å². The van der Waals surface area contributed by atoms with E-state index in [4.69, 9.17) is 0 Å². The molecule has 0 aromatic carbocycles. The Morgan fingerprint density at radius 1 is 1.08 bits per heavy atom. The molecule has 2 aliphatic heterocycles. The van der Waals surface area contributed by atoms with E-state index in [1.54, 1.807) is 0 Å². The highest BCUT2D eigenvalue weighted by Gasteiger charge is 2.26. The van der Waals surface area contributed by atoms with E-state index < -0.39 is 0 Å². The smallest absolute Gasteiger partial charge is 0.269 e. The van der Waals surface area contributed by atoms with Gasteiger partial charge in [0.15, 0.2) is 0 Å². The molecule has 1 aliphatic carbocycles. The third-order valence-electron chi connectivity index (χ3n) is 5.97. The predicted octanol–water partition coefficient (Wildman–Crippen LogP) is 1.23. The molecule has 0 bridgehead atoms. The van der Waals surface area contributed by atoms with Gasteiger partial charge >= 0.3 is 0 Å². The van der Waals surface area contributed by atoms with E-state index in [-0.39, 0.29) is 5.56 Å². The molecule has 0 atom stereocenters. The van der Waals surface area contributed by atoms with Crippen LogP contribution in [-0.2, 0) is 12.8 Å². The lowest BCUT2D eigenvalue weighted by Gasteiger charge is -2.38. The minimum atomic E-state index is -0.0221. The maximum absolute atomic E-state index is 11.9. The third kappa shape index (κ3) is 3.35. The minimum absolute atomic E-state index is 0.0221. The Bertz CT molecular complexity index is 614. The summed E-state index contributed by atoms with van der Waals surface area (Å²) in [6.07, 6.45) is 8.45. The lowest BCUT2D eigenvalue weighted by molar-refractivity contribution is 0.0985. The second-order valence-corrected chi connectivity index (χ2v) is 7.45. The van der Waals surface area contributed by atoms with Gasteiger partial charge in [-0.2, -0.15) is 5.10 Å². The van der Waals surface area contributed by atoms with Crippen molar-refractivity contribution in [2.24, 2.45) is 0 Å². The van der Waals surface area contributed by atoms with E-state index in [0.29, 0.717) is 0 Å². The van der Waals surface area contributed by atoms with Gasteiger partial charge in [0.25, 0.3) is 5.56 Å². The molecule has 2 fully saturated rings. The fraction of sp³-hybridized carbons (Fsp3) is 0.778. The van der Waals surface area contributed by atoms with Crippen molar-refractivity contribution in [2.75, 3.05) is 44.6 Å². The zero-order valence-electron chi connectivity index (χ0n) is 14.5. The summed E-state index contributed by atoms with van der Waals surface area (Å²) in [4.78, 5) is 17.2. The number of hydrogen-bond donors (Lipinski definition) is 2. The first-order chi connectivity index (χ1) is 11.8. The van der Waals surface area contributed by atoms with Gasteiger partial charge < -0.3 is 10.2 Å². The highest BCUT2D eigenvalue weighted by atomic mass is 16.1. The fourth-order valence-electron chi connectivity index (χ4n) is 4.52. The van der Waals surface area contributed by atoms with Crippen LogP contribution in [0.3, 0.4) is 0 Å². The van der Waals surface area contributed by atoms with Gasteiger partial charge in [-0.1, -0.05) is 12.8 Å². The molecule has 4 rings (SSSR count). The predicted molar refractivity (Wildman–Crippen MR) is 95.6 cm³/mol. The summed E-state index contributed by atoms with van der Waals surface area (Å²) in [5.74, 6) is 0. The van der Waals surface area contributed by atoms with Crippen LogP contribution in [0.1, 0.15) is 43.4 Å². The normalized spacial score (nSPS) is 23.2. The fourth-order valence-corrected chi connectivity index (χ4v) is 4.52. The van der Waals surface area contributed by atoms with Gasteiger partial charge in [0.1, 0.15) is 0 Å². The standard InChI is InChI=1S/C18H29N5O/c24-18-15-6-3-8-19-17(15)16(20-21-18)7-9-22-10-12-23(13-11-22)14-4-1-2-5-14/h14,19H,1-13H2,(H,21,24). The first-order valence-electron chi connectivity index (χ1n) is 9.62. The van der Waals surface area contributed by atoms with Crippen LogP contribution in [0.15, 0.2) is 4.79 Å². The lowest BCUT2D eigenvalue weighted by atomic mass is 10.0. The summed E-state index contributed by atoms with van der Waals surface area (Å²) < 4.78 is 0. The Balaban J connectivity index is 1.32. The van der Waals surface area contributed by atoms with Crippen LogP contribution in [0.25, 0.3) is 0 Å². The molecule has 3 heterocycles. The lowest BCUT2D eigenvalue weighted by Crippen LogP contribution is -2.50. The molecule has 6 nitrogen and oxygen atoms in total. The topological polar surface area (TPSA) is 64.3 Å². The van der Waals surface area contributed by atoms with Gasteiger partial charge in [0.2, 0.25) is 0 Å². The molecular weight excluding hydrogens is 302 g/mol. The summed E-state index contributed by atoms with van der Waals surface area (Å²) in [7, 11) is 0. The van der Waals surface area contributed by atoms with E-state index >= 15 is 0 Å². The molecule has 0 spiro atoms. The zero-order chi connectivity index (χ0) is 16.4. The summed E-state index contributed by atoms with van der Waals surface area (Å²) in [6, 6.07) is 0.851. The van der Waals surface area contributed by atoms with Gasteiger partial charge in [0.05, 0.1) is 11.4 Å². The first kappa shape index (κ1) is 16.1. The van der Waals surface area contributed by atoms with Crippen LogP contribution in [0.2, 0.25) is 0 Å². The van der Waals surface area contributed by atoms with E-state index in [0.717, 1.165) is 68.4 Å².